The number of halogens is 1. The van der Waals surface area contributed by atoms with E-state index >= 15 is 0 Å². The Hall–Kier alpha value is -1.71. The summed E-state index contributed by atoms with van der Waals surface area (Å²) in [6, 6.07) is 5.55. The van der Waals surface area contributed by atoms with Crippen molar-refractivity contribution in [2.75, 3.05) is 0 Å². The van der Waals surface area contributed by atoms with Gasteiger partial charge in [-0.05, 0) is 23.8 Å². The second-order valence-corrected chi connectivity index (χ2v) is 7.03. The number of nitrogens with zero attached hydrogens (tertiary/aromatic N) is 2. The monoisotopic (exact) mass is 373 g/mol. The molecule has 1 aromatic carbocycles. The Morgan fingerprint density at radius 3 is 2.67 bits per heavy atom. The van der Waals surface area contributed by atoms with Crippen molar-refractivity contribution in [3.05, 3.63) is 56.8 Å². The highest BCUT2D eigenvalue weighted by atomic mass is 79.9. The first-order valence-electron chi connectivity index (χ1n) is 5.84. The Kier molecular flexibility index (Phi) is 4.45. The standard InChI is InChI=1S/C12H12BrN3O4S/c1-15-5-4-9(8-15)7-14-21(19,20)12-6-10(13)2-3-11(12)16(17)18/h2-6,8,14H,7H2,1H3. The summed E-state index contributed by atoms with van der Waals surface area (Å²) < 4.78 is 29.1. The number of hydrogen-bond acceptors (Lipinski definition) is 4. The Bertz CT molecular complexity index is 786. The lowest BCUT2D eigenvalue weighted by atomic mass is 10.3. The zero-order chi connectivity index (χ0) is 15.6. The molecular weight excluding hydrogens is 362 g/mol. The van der Waals surface area contributed by atoms with Crippen molar-refractivity contribution in [2.24, 2.45) is 7.05 Å². The van der Waals surface area contributed by atoms with Crippen LogP contribution in [0, 0.1) is 10.1 Å². The molecule has 2 aromatic rings. The summed E-state index contributed by atoms with van der Waals surface area (Å²) in [6.07, 6.45) is 3.54. The topological polar surface area (TPSA) is 94.2 Å². The largest absolute Gasteiger partial charge is 0.357 e. The summed E-state index contributed by atoms with van der Waals surface area (Å²) >= 11 is 3.12. The van der Waals surface area contributed by atoms with E-state index < -0.39 is 20.6 Å². The minimum Gasteiger partial charge on any atom is -0.357 e. The predicted molar refractivity (Wildman–Crippen MR) is 80.2 cm³/mol. The number of sulfonamides is 1. The van der Waals surface area contributed by atoms with Crippen LogP contribution in [0.3, 0.4) is 0 Å². The number of hydrogen-bond donors (Lipinski definition) is 1. The van der Waals surface area contributed by atoms with Gasteiger partial charge in [0, 0.05) is 36.5 Å². The third-order valence-electron chi connectivity index (χ3n) is 2.77. The fourth-order valence-electron chi connectivity index (χ4n) is 1.78. The van der Waals surface area contributed by atoms with E-state index in [0.29, 0.717) is 4.47 Å². The van der Waals surface area contributed by atoms with Gasteiger partial charge >= 0.3 is 0 Å². The maximum absolute atomic E-state index is 12.2. The van der Waals surface area contributed by atoms with Gasteiger partial charge in [-0.1, -0.05) is 15.9 Å². The Morgan fingerprint density at radius 1 is 1.38 bits per heavy atom. The molecule has 0 saturated carbocycles. The van der Waals surface area contributed by atoms with E-state index in [1.807, 2.05) is 7.05 Å². The Balaban J connectivity index is 2.31. The number of aromatic nitrogens is 1. The van der Waals surface area contributed by atoms with Crippen molar-refractivity contribution in [2.45, 2.75) is 11.4 Å². The maximum atomic E-state index is 12.2. The van der Waals surface area contributed by atoms with Crippen LogP contribution in [0.5, 0.6) is 0 Å². The van der Waals surface area contributed by atoms with E-state index in [4.69, 9.17) is 0 Å². The second kappa shape index (κ2) is 5.96. The normalized spacial score (nSPS) is 11.5. The highest BCUT2D eigenvalue weighted by molar-refractivity contribution is 9.10. The van der Waals surface area contributed by atoms with Gasteiger partial charge in [-0.15, -0.1) is 0 Å². The van der Waals surface area contributed by atoms with Gasteiger partial charge < -0.3 is 4.57 Å². The zero-order valence-electron chi connectivity index (χ0n) is 11.0. The fraction of sp³-hybridized carbons (Fsp3) is 0.167. The zero-order valence-corrected chi connectivity index (χ0v) is 13.4. The number of nitro groups is 1. The number of nitrogens with one attached hydrogen (secondary N) is 1. The van der Waals surface area contributed by atoms with Crippen LogP contribution in [-0.4, -0.2) is 17.9 Å². The van der Waals surface area contributed by atoms with Crippen LogP contribution in [0.4, 0.5) is 5.69 Å². The third kappa shape index (κ3) is 3.69. The molecule has 0 spiro atoms. The van der Waals surface area contributed by atoms with E-state index in [2.05, 4.69) is 20.7 Å². The van der Waals surface area contributed by atoms with Gasteiger partial charge in [0.1, 0.15) is 0 Å². The van der Waals surface area contributed by atoms with Gasteiger partial charge in [-0.25, -0.2) is 13.1 Å². The van der Waals surface area contributed by atoms with Crippen molar-refractivity contribution >= 4 is 31.6 Å². The molecule has 2 rings (SSSR count). The number of benzene rings is 1. The van der Waals surface area contributed by atoms with Gasteiger partial charge in [0.05, 0.1) is 4.92 Å². The van der Waals surface area contributed by atoms with Crippen molar-refractivity contribution in [3.63, 3.8) is 0 Å². The van der Waals surface area contributed by atoms with Crippen LogP contribution in [0.2, 0.25) is 0 Å². The molecule has 0 atom stereocenters. The molecule has 112 valence electrons. The summed E-state index contributed by atoms with van der Waals surface area (Å²) in [7, 11) is -2.16. The second-order valence-electron chi connectivity index (χ2n) is 4.38. The summed E-state index contributed by atoms with van der Waals surface area (Å²) in [4.78, 5) is 9.87. The molecule has 0 fully saturated rings. The first-order valence-corrected chi connectivity index (χ1v) is 8.11. The molecule has 0 aliphatic carbocycles. The number of aryl methyl sites for hydroxylation is 1. The number of rotatable bonds is 5. The molecule has 0 aliphatic rings. The van der Waals surface area contributed by atoms with Crippen molar-refractivity contribution in [1.82, 2.24) is 9.29 Å². The van der Waals surface area contributed by atoms with Gasteiger partial charge in [-0.2, -0.15) is 0 Å². The molecule has 0 bridgehead atoms. The summed E-state index contributed by atoms with van der Waals surface area (Å²) in [5.41, 5.74) is 0.303. The summed E-state index contributed by atoms with van der Waals surface area (Å²) in [5.74, 6) is 0. The van der Waals surface area contributed by atoms with Crippen molar-refractivity contribution in [1.29, 1.82) is 0 Å². The average Bonchev–Trinajstić information content (AvgIpc) is 2.82. The van der Waals surface area contributed by atoms with E-state index in [0.717, 1.165) is 11.6 Å². The van der Waals surface area contributed by atoms with Crippen LogP contribution in [0.1, 0.15) is 5.56 Å². The predicted octanol–water partition coefficient (Wildman–Crippen LogP) is 2.17. The summed E-state index contributed by atoms with van der Waals surface area (Å²) in [5, 5.41) is 11.0. The molecule has 0 aliphatic heterocycles. The minimum atomic E-state index is -3.98. The van der Waals surface area contributed by atoms with E-state index in [1.54, 1.807) is 23.0 Å². The van der Waals surface area contributed by atoms with Gasteiger partial charge in [-0.3, -0.25) is 10.1 Å². The quantitative estimate of drug-likeness (QED) is 0.641. The lowest BCUT2D eigenvalue weighted by Crippen LogP contribution is -2.24. The van der Waals surface area contributed by atoms with E-state index in [9.17, 15) is 18.5 Å². The fourth-order valence-corrected chi connectivity index (χ4v) is 3.50. The van der Waals surface area contributed by atoms with Crippen LogP contribution in [0.15, 0.2) is 46.0 Å². The lowest BCUT2D eigenvalue weighted by molar-refractivity contribution is -0.387. The molecule has 1 heterocycles. The SMILES string of the molecule is Cn1ccc(CNS(=O)(=O)c2cc(Br)ccc2[N+](=O)[O-])c1. The maximum Gasteiger partial charge on any atom is 0.289 e. The van der Waals surface area contributed by atoms with Gasteiger partial charge in [0.25, 0.3) is 5.69 Å². The number of nitro benzene ring substituents is 1. The van der Waals surface area contributed by atoms with Crippen molar-refractivity contribution < 1.29 is 13.3 Å². The molecule has 9 heteroatoms. The van der Waals surface area contributed by atoms with E-state index in [-0.39, 0.29) is 11.4 Å². The molecule has 7 nitrogen and oxygen atoms in total. The minimum absolute atomic E-state index is 0.0623. The first kappa shape index (κ1) is 15.7. The molecule has 1 aromatic heterocycles. The Morgan fingerprint density at radius 2 is 2.10 bits per heavy atom. The van der Waals surface area contributed by atoms with Crippen LogP contribution >= 0.6 is 15.9 Å². The third-order valence-corrected chi connectivity index (χ3v) is 4.69. The molecule has 0 amide bonds. The Labute approximate surface area is 129 Å². The highest BCUT2D eigenvalue weighted by Crippen LogP contribution is 2.27. The van der Waals surface area contributed by atoms with Gasteiger partial charge in [0.15, 0.2) is 4.90 Å². The molecule has 0 unspecified atom stereocenters. The van der Waals surface area contributed by atoms with Crippen LogP contribution in [0.25, 0.3) is 0 Å². The molecule has 0 radical (unpaired) electrons. The van der Waals surface area contributed by atoms with E-state index in [1.165, 1.54) is 12.1 Å². The van der Waals surface area contributed by atoms with Gasteiger partial charge in [0.2, 0.25) is 10.0 Å². The van der Waals surface area contributed by atoms with Crippen LogP contribution in [-0.2, 0) is 23.6 Å². The molecular formula is C12H12BrN3O4S. The molecule has 21 heavy (non-hydrogen) atoms. The van der Waals surface area contributed by atoms with Crippen LogP contribution < -0.4 is 4.72 Å². The average molecular weight is 374 g/mol. The van der Waals surface area contributed by atoms with Crippen molar-refractivity contribution in [3.8, 4) is 0 Å². The smallest absolute Gasteiger partial charge is 0.289 e. The first-order chi connectivity index (χ1) is 9.79. The molecule has 0 saturated heterocycles. The summed E-state index contributed by atoms with van der Waals surface area (Å²) in [6.45, 7) is 0.0623. The lowest BCUT2D eigenvalue weighted by Gasteiger charge is -2.07. The molecule has 1 N–H and O–H groups in total. The highest BCUT2D eigenvalue weighted by Gasteiger charge is 2.25.